The van der Waals surface area contributed by atoms with Gasteiger partial charge in [0.2, 0.25) is 0 Å². The molecule has 1 N–H and O–H groups in total. The first kappa shape index (κ1) is 15.1. The third-order valence-electron chi connectivity index (χ3n) is 3.18. The van der Waals surface area contributed by atoms with Crippen LogP contribution in [0.1, 0.15) is 22.0 Å². The molecular formula is C15H17NO5. The Bertz CT molecular complexity index is 525. The Balaban J connectivity index is 2.01. The fourth-order valence-electron chi connectivity index (χ4n) is 2.08. The number of carboxylic acid groups (broad SMARTS) is 1. The molecule has 0 bridgehead atoms. The number of morpholine rings is 1. The van der Waals surface area contributed by atoms with E-state index >= 15 is 0 Å². The molecule has 0 aliphatic carbocycles. The molecule has 1 aromatic carbocycles. The van der Waals surface area contributed by atoms with Crippen LogP contribution in [0, 0.1) is 0 Å². The van der Waals surface area contributed by atoms with E-state index in [-0.39, 0.29) is 18.3 Å². The van der Waals surface area contributed by atoms with Crippen molar-refractivity contribution in [3.8, 4) is 0 Å². The molecular weight excluding hydrogens is 274 g/mol. The van der Waals surface area contributed by atoms with E-state index in [2.05, 4.69) is 6.58 Å². The van der Waals surface area contributed by atoms with Gasteiger partial charge in [0.1, 0.15) is 12.7 Å². The van der Waals surface area contributed by atoms with Crippen LogP contribution in [0.3, 0.4) is 0 Å². The fourth-order valence-corrected chi connectivity index (χ4v) is 2.08. The number of aromatic carboxylic acids is 1. The van der Waals surface area contributed by atoms with Gasteiger partial charge in [-0.1, -0.05) is 24.8 Å². The van der Waals surface area contributed by atoms with Crippen molar-refractivity contribution in [1.29, 1.82) is 0 Å². The van der Waals surface area contributed by atoms with Gasteiger partial charge in [0.15, 0.2) is 0 Å². The molecule has 1 atom stereocenters. The summed E-state index contributed by atoms with van der Waals surface area (Å²) in [5.74, 6) is -0.972. The number of carbonyl (C=O) groups is 2. The van der Waals surface area contributed by atoms with Gasteiger partial charge in [0.25, 0.3) is 0 Å². The Labute approximate surface area is 122 Å². The molecule has 1 aromatic rings. The van der Waals surface area contributed by atoms with E-state index in [0.717, 1.165) is 5.56 Å². The normalized spacial score (nSPS) is 18.1. The summed E-state index contributed by atoms with van der Waals surface area (Å²) in [6.07, 6.45) is 0.837. The van der Waals surface area contributed by atoms with Crippen molar-refractivity contribution in [2.75, 3.05) is 26.3 Å². The van der Waals surface area contributed by atoms with Gasteiger partial charge in [0, 0.05) is 6.54 Å². The van der Waals surface area contributed by atoms with Gasteiger partial charge in [-0.15, -0.1) is 0 Å². The summed E-state index contributed by atoms with van der Waals surface area (Å²) in [4.78, 5) is 24.2. The lowest BCUT2D eigenvalue weighted by Gasteiger charge is -2.32. The molecule has 1 fully saturated rings. The SMILES string of the molecule is C=CCOC(=O)N1CCOC(c2ccc(C(=O)O)cc2)C1. The van der Waals surface area contributed by atoms with Gasteiger partial charge in [-0.3, -0.25) is 0 Å². The lowest BCUT2D eigenvalue weighted by Crippen LogP contribution is -2.42. The molecule has 1 saturated heterocycles. The van der Waals surface area contributed by atoms with Crippen molar-refractivity contribution in [3.63, 3.8) is 0 Å². The summed E-state index contributed by atoms with van der Waals surface area (Å²) in [6.45, 7) is 4.93. The van der Waals surface area contributed by atoms with Crippen LogP contribution < -0.4 is 0 Å². The largest absolute Gasteiger partial charge is 0.478 e. The third-order valence-corrected chi connectivity index (χ3v) is 3.18. The standard InChI is InChI=1S/C15H17NO5/c1-2-8-21-15(19)16-7-9-20-13(10-16)11-3-5-12(6-4-11)14(17)18/h2-6,13H,1,7-10H2,(H,17,18). The molecule has 0 aromatic heterocycles. The molecule has 1 aliphatic heterocycles. The summed E-state index contributed by atoms with van der Waals surface area (Å²) < 4.78 is 10.6. The predicted octanol–water partition coefficient (Wildman–Crippen LogP) is 2.08. The van der Waals surface area contributed by atoms with Gasteiger partial charge < -0.3 is 19.5 Å². The number of carbonyl (C=O) groups excluding carboxylic acids is 1. The predicted molar refractivity (Wildman–Crippen MR) is 75.2 cm³/mol. The Kier molecular flexibility index (Phi) is 4.94. The Morgan fingerprint density at radius 1 is 1.43 bits per heavy atom. The molecule has 0 spiro atoms. The first-order valence-corrected chi connectivity index (χ1v) is 6.59. The number of ether oxygens (including phenoxy) is 2. The second-order valence-electron chi connectivity index (χ2n) is 4.60. The molecule has 1 heterocycles. The highest BCUT2D eigenvalue weighted by molar-refractivity contribution is 5.87. The lowest BCUT2D eigenvalue weighted by molar-refractivity contribution is -0.0273. The van der Waals surface area contributed by atoms with E-state index < -0.39 is 12.1 Å². The fraction of sp³-hybridized carbons (Fsp3) is 0.333. The van der Waals surface area contributed by atoms with Crippen LogP contribution in [-0.4, -0.2) is 48.4 Å². The summed E-state index contributed by atoms with van der Waals surface area (Å²) >= 11 is 0. The Morgan fingerprint density at radius 3 is 2.76 bits per heavy atom. The Hall–Kier alpha value is -2.34. The highest BCUT2D eigenvalue weighted by atomic mass is 16.6. The van der Waals surface area contributed by atoms with Gasteiger partial charge in [-0.05, 0) is 17.7 Å². The maximum absolute atomic E-state index is 11.8. The lowest BCUT2D eigenvalue weighted by atomic mass is 10.1. The maximum atomic E-state index is 11.8. The van der Waals surface area contributed by atoms with E-state index in [0.29, 0.717) is 19.7 Å². The Morgan fingerprint density at radius 2 is 2.14 bits per heavy atom. The molecule has 1 aliphatic rings. The van der Waals surface area contributed by atoms with E-state index in [4.69, 9.17) is 14.6 Å². The molecule has 6 nitrogen and oxygen atoms in total. The number of benzene rings is 1. The molecule has 6 heteroatoms. The summed E-state index contributed by atoms with van der Waals surface area (Å²) in [7, 11) is 0. The molecule has 21 heavy (non-hydrogen) atoms. The van der Waals surface area contributed by atoms with Crippen LogP contribution in [0.2, 0.25) is 0 Å². The first-order valence-electron chi connectivity index (χ1n) is 6.59. The van der Waals surface area contributed by atoms with Crippen molar-refractivity contribution >= 4 is 12.1 Å². The zero-order valence-corrected chi connectivity index (χ0v) is 11.5. The van der Waals surface area contributed by atoms with Crippen LogP contribution in [0.25, 0.3) is 0 Å². The van der Waals surface area contributed by atoms with E-state index in [1.54, 1.807) is 17.0 Å². The zero-order chi connectivity index (χ0) is 15.2. The van der Waals surface area contributed by atoms with Crippen LogP contribution in [-0.2, 0) is 9.47 Å². The quantitative estimate of drug-likeness (QED) is 0.859. The molecule has 0 saturated carbocycles. The van der Waals surface area contributed by atoms with E-state index in [1.165, 1.54) is 18.2 Å². The number of nitrogens with zero attached hydrogens (tertiary/aromatic N) is 1. The van der Waals surface area contributed by atoms with Crippen molar-refractivity contribution in [1.82, 2.24) is 4.90 Å². The molecule has 0 radical (unpaired) electrons. The number of hydrogen-bond donors (Lipinski definition) is 1. The van der Waals surface area contributed by atoms with Crippen LogP contribution >= 0.6 is 0 Å². The van der Waals surface area contributed by atoms with Crippen LogP contribution in [0.5, 0.6) is 0 Å². The molecule has 1 unspecified atom stereocenters. The van der Waals surface area contributed by atoms with Crippen LogP contribution in [0.4, 0.5) is 4.79 Å². The number of carboxylic acids is 1. The van der Waals surface area contributed by atoms with Gasteiger partial charge in [0.05, 0.1) is 18.7 Å². The summed E-state index contributed by atoms with van der Waals surface area (Å²) in [5.41, 5.74) is 1.05. The van der Waals surface area contributed by atoms with Gasteiger partial charge in [-0.25, -0.2) is 9.59 Å². The van der Waals surface area contributed by atoms with Crippen molar-refractivity contribution in [3.05, 3.63) is 48.0 Å². The minimum absolute atomic E-state index is 0.175. The van der Waals surface area contributed by atoms with Gasteiger partial charge in [-0.2, -0.15) is 0 Å². The van der Waals surface area contributed by atoms with Crippen LogP contribution in [0.15, 0.2) is 36.9 Å². The number of rotatable bonds is 4. The first-order chi connectivity index (χ1) is 10.1. The average Bonchev–Trinajstić information content (AvgIpc) is 2.52. The summed E-state index contributed by atoms with van der Waals surface area (Å²) in [6, 6.07) is 6.45. The summed E-state index contributed by atoms with van der Waals surface area (Å²) in [5, 5.41) is 8.87. The smallest absolute Gasteiger partial charge is 0.410 e. The van der Waals surface area contributed by atoms with Crippen molar-refractivity contribution in [2.45, 2.75) is 6.10 Å². The van der Waals surface area contributed by atoms with Crippen molar-refractivity contribution < 1.29 is 24.2 Å². The maximum Gasteiger partial charge on any atom is 0.410 e. The van der Waals surface area contributed by atoms with E-state index in [9.17, 15) is 9.59 Å². The minimum atomic E-state index is -0.972. The third kappa shape index (κ3) is 3.82. The molecule has 112 valence electrons. The average molecular weight is 291 g/mol. The minimum Gasteiger partial charge on any atom is -0.478 e. The second-order valence-corrected chi connectivity index (χ2v) is 4.60. The monoisotopic (exact) mass is 291 g/mol. The highest BCUT2D eigenvalue weighted by Crippen LogP contribution is 2.23. The number of amides is 1. The van der Waals surface area contributed by atoms with Crippen molar-refractivity contribution in [2.24, 2.45) is 0 Å². The van der Waals surface area contributed by atoms with Gasteiger partial charge >= 0.3 is 12.1 Å². The number of hydrogen-bond acceptors (Lipinski definition) is 4. The van der Waals surface area contributed by atoms with E-state index in [1.807, 2.05) is 0 Å². The topological polar surface area (TPSA) is 76.1 Å². The zero-order valence-electron chi connectivity index (χ0n) is 11.5. The highest BCUT2D eigenvalue weighted by Gasteiger charge is 2.26. The molecule has 2 rings (SSSR count). The molecule has 1 amide bonds. The second kappa shape index (κ2) is 6.90.